The molecule has 0 aromatic rings. The highest BCUT2D eigenvalue weighted by Gasteiger charge is 2.28. The lowest BCUT2D eigenvalue weighted by Crippen LogP contribution is -2.32. The van der Waals surface area contributed by atoms with Crippen molar-refractivity contribution in [3.8, 4) is 0 Å². The molecule has 0 fully saturated rings. The van der Waals surface area contributed by atoms with Gasteiger partial charge in [0, 0.05) is 13.1 Å². The number of aliphatic hydroxyl groups is 2. The van der Waals surface area contributed by atoms with Gasteiger partial charge in [-0.05, 0) is 11.8 Å². The zero-order chi connectivity index (χ0) is 15.6. The molecule has 0 aliphatic heterocycles. The van der Waals surface area contributed by atoms with Crippen LogP contribution in [-0.2, 0) is 13.6 Å². The molecule has 0 atom stereocenters. The summed E-state index contributed by atoms with van der Waals surface area (Å²) in [7, 11) is -3.24. The second kappa shape index (κ2) is 10.7. The lowest BCUT2D eigenvalue weighted by Gasteiger charge is -2.27. The Morgan fingerprint density at radius 3 is 1.65 bits per heavy atom. The Kier molecular flexibility index (Phi) is 10.7. The van der Waals surface area contributed by atoms with Crippen LogP contribution in [0.15, 0.2) is 0 Å². The van der Waals surface area contributed by atoms with Gasteiger partial charge in [0.1, 0.15) is 6.29 Å². The molecule has 0 aliphatic carbocycles. The summed E-state index contributed by atoms with van der Waals surface area (Å²) in [5.74, 6) is 0.519. The van der Waals surface area contributed by atoms with Gasteiger partial charge in [0.2, 0.25) is 0 Å². The van der Waals surface area contributed by atoms with Crippen molar-refractivity contribution < 1.29 is 23.8 Å². The third-order valence-electron chi connectivity index (χ3n) is 2.41. The smallest absolute Gasteiger partial charge is 0.344 e. The SMILES string of the molecule is CC(C)COP(=O)(CN(CCO)CCO)OCC(C)C. The van der Waals surface area contributed by atoms with E-state index in [-0.39, 0.29) is 31.3 Å². The first kappa shape index (κ1) is 20.0. The molecule has 0 saturated heterocycles. The molecule has 7 heteroatoms. The Bertz CT molecular complexity index is 264. The molecule has 0 heterocycles. The molecule has 0 saturated carbocycles. The summed E-state index contributed by atoms with van der Waals surface area (Å²) in [6.45, 7) is 9.18. The molecule has 0 unspecified atom stereocenters. The van der Waals surface area contributed by atoms with E-state index in [0.29, 0.717) is 26.3 Å². The van der Waals surface area contributed by atoms with E-state index in [2.05, 4.69) is 0 Å². The molecule has 0 aromatic heterocycles. The Balaban J connectivity index is 4.65. The average molecular weight is 311 g/mol. The van der Waals surface area contributed by atoms with E-state index in [0.717, 1.165) is 0 Å². The average Bonchev–Trinajstić information content (AvgIpc) is 2.35. The first-order valence-corrected chi connectivity index (χ1v) is 8.88. The lowest BCUT2D eigenvalue weighted by atomic mass is 10.2. The molecular weight excluding hydrogens is 281 g/mol. The van der Waals surface area contributed by atoms with Crippen molar-refractivity contribution in [3.63, 3.8) is 0 Å². The molecule has 0 bridgehead atoms. The first-order valence-electron chi connectivity index (χ1n) is 7.15. The highest BCUT2D eigenvalue weighted by atomic mass is 31.2. The molecule has 0 aliphatic rings. The molecule has 0 rings (SSSR count). The second-order valence-electron chi connectivity index (χ2n) is 5.70. The summed E-state index contributed by atoms with van der Waals surface area (Å²) >= 11 is 0. The largest absolute Gasteiger partial charge is 0.395 e. The Morgan fingerprint density at radius 1 is 0.950 bits per heavy atom. The minimum Gasteiger partial charge on any atom is -0.395 e. The van der Waals surface area contributed by atoms with Crippen LogP contribution in [0.2, 0.25) is 0 Å². The summed E-state index contributed by atoms with van der Waals surface area (Å²) < 4.78 is 23.7. The maximum Gasteiger partial charge on any atom is 0.344 e. The Morgan fingerprint density at radius 2 is 1.35 bits per heavy atom. The van der Waals surface area contributed by atoms with Crippen molar-refractivity contribution in [1.29, 1.82) is 0 Å². The molecule has 122 valence electrons. The van der Waals surface area contributed by atoms with Crippen LogP contribution in [0.25, 0.3) is 0 Å². The summed E-state index contributed by atoms with van der Waals surface area (Å²) in [5, 5.41) is 18.0. The minimum atomic E-state index is -3.24. The van der Waals surface area contributed by atoms with Crippen LogP contribution in [0, 0.1) is 11.8 Å². The summed E-state index contributed by atoms with van der Waals surface area (Å²) in [6, 6.07) is 0. The van der Waals surface area contributed by atoms with Crippen LogP contribution >= 0.6 is 7.60 Å². The van der Waals surface area contributed by atoms with Gasteiger partial charge in [-0.25, -0.2) is 0 Å². The molecular formula is C13H30NO5P. The lowest BCUT2D eigenvalue weighted by molar-refractivity contribution is 0.139. The third kappa shape index (κ3) is 9.86. The minimum absolute atomic E-state index is 0.0611. The van der Waals surface area contributed by atoms with E-state index >= 15 is 0 Å². The van der Waals surface area contributed by atoms with E-state index in [1.165, 1.54) is 0 Å². The summed E-state index contributed by atoms with van der Waals surface area (Å²) in [5.41, 5.74) is 0. The van der Waals surface area contributed by atoms with Crippen LogP contribution in [0.4, 0.5) is 0 Å². The Hall–Kier alpha value is 0.0300. The van der Waals surface area contributed by atoms with Crippen molar-refractivity contribution in [2.75, 3.05) is 45.8 Å². The van der Waals surface area contributed by atoms with Gasteiger partial charge >= 0.3 is 7.60 Å². The predicted molar refractivity (Wildman–Crippen MR) is 79.8 cm³/mol. The summed E-state index contributed by atoms with van der Waals surface area (Å²) in [6.07, 6.45) is 0.0908. The first-order chi connectivity index (χ1) is 9.33. The molecule has 20 heavy (non-hydrogen) atoms. The van der Waals surface area contributed by atoms with Gasteiger partial charge < -0.3 is 19.3 Å². The number of aliphatic hydroxyl groups excluding tert-OH is 2. The fraction of sp³-hybridized carbons (Fsp3) is 1.00. The Labute approximate surface area is 122 Å². The van der Waals surface area contributed by atoms with E-state index in [1.54, 1.807) is 4.90 Å². The molecule has 0 amide bonds. The van der Waals surface area contributed by atoms with E-state index in [9.17, 15) is 4.57 Å². The standard InChI is InChI=1S/C13H30NO5P/c1-12(2)9-18-20(17,19-10-13(3)4)11-14(5-7-15)6-8-16/h12-13,15-16H,5-11H2,1-4H3. The molecule has 0 aromatic carbocycles. The highest BCUT2D eigenvalue weighted by molar-refractivity contribution is 7.53. The van der Waals surface area contributed by atoms with E-state index < -0.39 is 7.60 Å². The predicted octanol–water partition coefficient (Wildman–Crippen LogP) is 1.77. The van der Waals surface area contributed by atoms with Gasteiger partial charge in [0.15, 0.2) is 0 Å². The number of hydrogen-bond acceptors (Lipinski definition) is 6. The van der Waals surface area contributed by atoms with Gasteiger partial charge in [-0.3, -0.25) is 9.46 Å². The number of hydrogen-bond donors (Lipinski definition) is 2. The van der Waals surface area contributed by atoms with Gasteiger partial charge in [-0.1, -0.05) is 27.7 Å². The zero-order valence-corrected chi connectivity index (χ0v) is 14.0. The quantitative estimate of drug-likeness (QED) is 0.535. The van der Waals surface area contributed by atoms with Gasteiger partial charge in [0.05, 0.1) is 26.4 Å². The maximum atomic E-state index is 12.7. The van der Waals surface area contributed by atoms with Crippen LogP contribution in [0.3, 0.4) is 0 Å². The van der Waals surface area contributed by atoms with Crippen molar-refractivity contribution in [1.82, 2.24) is 4.90 Å². The summed E-state index contributed by atoms with van der Waals surface area (Å²) in [4.78, 5) is 1.70. The fourth-order valence-corrected chi connectivity index (χ4v) is 3.49. The number of rotatable bonds is 12. The van der Waals surface area contributed by atoms with Crippen molar-refractivity contribution >= 4 is 7.60 Å². The monoisotopic (exact) mass is 311 g/mol. The van der Waals surface area contributed by atoms with Gasteiger partial charge in [-0.15, -0.1) is 0 Å². The van der Waals surface area contributed by atoms with Crippen LogP contribution in [0.5, 0.6) is 0 Å². The molecule has 0 spiro atoms. The molecule has 0 radical (unpaired) electrons. The fourth-order valence-electron chi connectivity index (χ4n) is 1.43. The van der Waals surface area contributed by atoms with Gasteiger partial charge in [-0.2, -0.15) is 0 Å². The third-order valence-corrected chi connectivity index (χ3v) is 4.25. The topological polar surface area (TPSA) is 79.2 Å². The zero-order valence-electron chi connectivity index (χ0n) is 13.1. The number of nitrogens with zero attached hydrogens (tertiary/aromatic N) is 1. The molecule has 2 N–H and O–H groups in total. The van der Waals surface area contributed by atoms with E-state index in [4.69, 9.17) is 19.3 Å². The second-order valence-corrected chi connectivity index (χ2v) is 7.72. The molecule has 6 nitrogen and oxygen atoms in total. The van der Waals surface area contributed by atoms with Crippen LogP contribution in [0.1, 0.15) is 27.7 Å². The normalized spacial score (nSPS) is 12.8. The van der Waals surface area contributed by atoms with Gasteiger partial charge in [0.25, 0.3) is 0 Å². The van der Waals surface area contributed by atoms with Crippen LogP contribution in [-0.4, -0.2) is 60.9 Å². The van der Waals surface area contributed by atoms with Crippen molar-refractivity contribution in [3.05, 3.63) is 0 Å². The van der Waals surface area contributed by atoms with Crippen molar-refractivity contribution in [2.24, 2.45) is 11.8 Å². The van der Waals surface area contributed by atoms with Crippen molar-refractivity contribution in [2.45, 2.75) is 27.7 Å². The van der Waals surface area contributed by atoms with E-state index in [1.807, 2.05) is 27.7 Å². The maximum absolute atomic E-state index is 12.7. The highest BCUT2D eigenvalue weighted by Crippen LogP contribution is 2.49. The van der Waals surface area contributed by atoms with Crippen LogP contribution < -0.4 is 0 Å².